The Balaban J connectivity index is 2.40. The number of halogens is 5. The first kappa shape index (κ1) is 18.4. The van der Waals surface area contributed by atoms with Crippen LogP contribution in [0.25, 0.3) is 11.3 Å². The highest BCUT2D eigenvalue weighted by atomic mass is 19.4. The van der Waals surface area contributed by atoms with Gasteiger partial charge in [-0.15, -0.1) is 0 Å². The van der Waals surface area contributed by atoms with E-state index in [1.165, 1.54) is 24.5 Å². The van der Waals surface area contributed by atoms with E-state index < -0.39 is 36.0 Å². The predicted octanol–water partition coefficient (Wildman–Crippen LogP) is 2.78. The molecule has 0 aliphatic carbocycles. The molecule has 2 amide bonds. The number of amides is 2. The van der Waals surface area contributed by atoms with E-state index in [9.17, 15) is 31.5 Å². The number of aromatic nitrogens is 1. The second-order valence-corrected chi connectivity index (χ2v) is 4.84. The molecule has 2 heterocycles. The smallest absolute Gasteiger partial charge is 0.421 e. The Bertz CT molecular complexity index is 820. The maximum absolute atomic E-state index is 13.2. The van der Waals surface area contributed by atoms with Crippen molar-refractivity contribution in [3.63, 3.8) is 0 Å². The molecular weight excluding hydrogens is 353 g/mol. The van der Waals surface area contributed by atoms with Crippen LogP contribution in [0.1, 0.15) is 0 Å². The molecule has 25 heavy (non-hydrogen) atoms. The number of urea groups is 1. The Morgan fingerprint density at radius 1 is 1.20 bits per heavy atom. The number of pyridine rings is 1. The second kappa shape index (κ2) is 6.49. The van der Waals surface area contributed by atoms with Gasteiger partial charge in [-0.1, -0.05) is 0 Å². The van der Waals surface area contributed by atoms with E-state index in [-0.39, 0.29) is 10.7 Å². The van der Waals surface area contributed by atoms with E-state index in [2.05, 4.69) is 4.98 Å². The Kier molecular flexibility index (Phi) is 4.77. The van der Waals surface area contributed by atoms with E-state index in [0.29, 0.717) is 5.56 Å². The van der Waals surface area contributed by atoms with Crippen molar-refractivity contribution in [3.05, 3.63) is 47.1 Å². The van der Waals surface area contributed by atoms with Gasteiger partial charge in [0.2, 0.25) is 0 Å². The van der Waals surface area contributed by atoms with Crippen molar-refractivity contribution in [2.75, 3.05) is 11.4 Å². The van der Waals surface area contributed by atoms with Crippen molar-refractivity contribution in [2.24, 2.45) is 5.73 Å². The highest BCUT2D eigenvalue weighted by Crippen LogP contribution is 2.36. The van der Waals surface area contributed by atoms with Crippen LogP contribution in [0.3, 0.4) is 0 Å². The van der Waals surface area contributed by atoms with E-state index >= 15 is 0 Å². The van der Waals surface area contributed by atoms with Crippen LogP contribution in [-0.4, -0.2) is 29.7 Å². The molecule has 0 saturated heterocycles. The van der Waals surface area contributed by atoms with Crippen molar-refractivity contribution in [1.82, 2.24) is 4.98 Å². The minimum Gasteiger partial charge on any atom is -0.421 e. The molecule has 2 rings (SSSR count). The summed E-state index contributed by atoms with van der Waals surface area (Å²) in [6.45, 7) is -2.15. The molecule has 0 aliphatic rings. The highest BCUT2D eigenvalue weighted by molar-refractivity contribution is 5.90. The van der Waals surface area contributed by atoms with Crippen molar-refractivity contribution in [3.8, 4) is 11.3 Å². The molecule has 0 aromatic carbocycles. The van der Waals surface area contributed by atoms with E-state index in [0.717, 1.165) is 12.1 Å². The van der Waals surface area contributed by atoms with Crippen molar-refractivity contribution < 1.29 is 31.2 Å². The Hall–Kier alpha value is -2.98. The number of hydrogen-bond donors (Lipinski definition) is 1. The highest BCUT2D eigenvalue weighted by Gasteiger charge is 2.58. The van der Waals surface area contributed by atoms with Crippen molar-refractivity contribution >= 4 is 11.7 Å². The van der Waals surface area contributed by atoms with Crippen molar-refractivity contribution in [1.29, 1.82) is 0 Å². The molecular formula is C14H10F5N3O3. The lowest BCUT2D eigenvalue weighted by molar-refractivity contribution is -0.276. The van der Waals surface area contributed by atoms with Crippen LogP contribution >= 0.6 is 0 Å². The van der Waals surface area contributed by atoms with Crippen LogP contribution in [-0.2, 0) is 0 Å². The fourth-order valence-corrected chi connectivity index (χ4v) is 1.84. The van der Waals surface area contributed by atoms with Gasteiger partial charge in [-0.05, 0) is 24.3 Å². The average molecular weight is 363 g/mol. The SMILES string of the molecule is NC(=O)N(CC(F)(F)C(F)(F)F)c1ccc(-c2cccnc2)oc1=O. The standard InChI is InChI=1S/C14H10F5N3O3/c15-13(16,14(17,18)19)7-22(12(20)24)9-3-4-10(25-11(9)23)8-2-1-5-21-6-8/h1-6H,7H2,(H2,20,24). The van der Waals surface area contributed by atoms with Gasteiger partial charge in [0.15, 0.2) is 0 Å². The van der Waals surface area contributed by atoms with Gasteiger partial charge >= 0.3 is 23.8 Å². The number of nitrogens with zero attached hydrogens (tertiary/aromatic N) is 2. The molecule has 6 nitrogen and oxygen atoms in total. The van der Waals surface area contributed by atoms with Gasteiger partial charge in [-0.3, -0.25) is 9.88 Å². The number of rotatable bonds is 4. The minimum absolute atomic E-state index is 0.0196. The third kappa shape index (κ3) is 3.92. The average Bonchev–Trinajstić information content (AvgIpc) is 2.52. The molecule has 134 valence electrons. The lowest BCUT2D eigenvalue weighted by Gasteiger charge is -2.26. The normalized spacial score (nSPS) is 12.0. The van der Waals surface area contributed by atoms with Crippen molar-refractivity contribution in [2.45, 2.75) is 12.1 Å². The summed E-state index contributed by atoms with van der Waals surface area (Å²) in [5.41, 5.74) is 3.04. The number of hydrogen-bond acceptors (Lipinski definition) is 4. The summed E-state index contributed by atoms with van der Waals surface area (Å²) in [5, 5.41) is 0. The number of carbonyl (C=O) groups is 1. The second-order valence-electron chi connectivity index (χ2n) is 4.84. The Morgan fingerprint density at radius 2 is 1.88 bits per heavy atom. The third-order valence-electron chi connectivity index (χ3n) is 3.08. The summed E-state index contributed by atoms with van der Waals surface area (Å²) in [7, 11) is 0. The largest absolute Gasteiger partial charge is 0.455 e. The fourth-order valence-electron chi connectivity index (χ4n) is 1.84. The maximum Gasteiger partial charge on any atom is 0.455 e. The monoisotopic (exact) mass is 363 g/mol. The number of alkyl halides is 5. The molecule has 2 aromatic heterocycles. The van der Waals surface area contributed by atoms with E-state index in [1.54, 1.807) is 0 Å². The summed E-state index contributed by atoms with van der Waals surface area (Å²) in [4.78, 5) is 26.8. The molecule has 0 bridgehead atoms. The van der Waals surface area contributed by atoms with Gasteiger partial charge in [-0.2, -0.15) is 22.0 Å². The maximum atomic E-state index is 13.2. The lowest BCUT2D eigenvalue weighted by Crippen LogP contribution is -2.51. The quantitative estimate of drug-likeness (QED) is 0.846. The number of primary amides is 1. The molecule has 0 atom stereocenters. The van der Waals surface area contributed by atoms with E-state index in [1.807, 2.05) is 0 Å². The van der Waals surface area contributed by atoms with Gasteiger partial charge in [0.1, 0.15) is 18.0 Å². The first-order valence-corrected chi connectivity index (χ1v) is 6.59. The lowest BCUT2D eigenvalue weighted by atomic mass is 10.2. The molecule has 0 spiro atoms. The zero-order valence-electron chi connectivity index (χ0n) is 12.3. The van der Waals surface area contributed by atoms with Crippen LogP contribution in [0, 0.1) is 0 Å². The molecule has 0 saturated carbocycles. The topological polar surface area (TPSA) is 89.4 Å². The first-order chi connectivity index (χ1) is 11.5. The summed E-state index contributed by atoms with van der Waals surface area (Å²) in [6.07, 6.45) is -3.14. The summed E-state index contributed by atoms with van der Waals surface area (Å²) in [6, 6.07) is 3.38. The first-order valence-electron chi connectivity index (χ1n) is 6.59. The predicted molar refractivity (Wildman–Crippen MR) is 76.1 cm³/mol. The van der Waals surface area contributed by atoms with Crippen LogP contribution in [0.15, 0.2) is 45.9 Å². The molecule has 0 radical (unpaired) electrons. The number of anilines is 1. The van der Waals surface area contributed by atoms with Crippen LogP contribution in [0.4, 0.5) is 32.4 Å². The zero-order valence-corrected chi connectivity index (χ0v) is 12.3. The number of nitrogens with two attached hydrogens (primary N) is 1. The van der Waals surface area contributed by atoms with Crippen LogP contribution < -0.4 is 16.3 Å². The van der Waals surface area contributed by atoms with Gasteiger partial charge in [0.05, 0.1) is 0 Å². The summed E-state index contributed by atoms with van der Waals surface area (Å²) < 4.78 is 68.2. The van der Waals surface area contributed by atoms with Gasteiger partial charge < -0.3 is 10.2 Å². The van der Waals surface area contributed by atoms with Crippen LogP contribution in [0.2, 0.25) is 0 Å². The molecule has 2 aromatic rings. The van der Waals surface area contributed by atoms with Gasteiger partial charge in [0, 0.05) is 18.0 Å². The molecule has 0 aliphatic heterocycles. The molecule has 0 fully saturated rings. The summed E-state index contributed by atoms with van der Waals surface area (Å²) >= 11 is 0. The van der Waals surface area contributed by atoms with Gasteiger partial charge in [0.25, 0.3) is 0 Å². The minimum atomic E-state index is -5.92. The van der Waals surface area contributed by atoms with E-state index in [4.69, 9.17) is 10.2 Å². The molecule has 0 unspecified atom stereocenters. The zero-order chi connectivity index (χ0) is 18.8. The summed E-state index contributed by atoms with van der Waals surface area (Å²) in [5.74, 6) is -5.29. The van der Waals surface area contributed by atoms with Gasteiger partial charge in [-0.25, -0.2) is 9.59 Å². The van der Waals surface area contributed by atoms with Crippen LogP contribution in [0.5, 0.6) is 0 Å². The number of carbonyl (C=O) groups excluding carboxylic acids is 1. The fraction of sp³-hybridized carbons (Fsp3) is 0.214. The third-order valence-corrected chi connectivity index (χ3v) is 3.08. The molecule has 2 N–H and O–H groups in total. The molecule has 11 heteroatoms. The Morgan fingerprint density at radius 3 is 2.36 bits per heavy atom. The Labute approximate surface area is 136 Å².